The topological polar surface area (TPSA) is 42.7 Å². The maximum absolute atomic E-state index is 13.0. The Morgan fingerprint density at radius 1 is 1.35 bits per heavy atom. The van der Waals surface area contributed by atoms with Gasteiger partial charge in [-0.25, -0.2) is 4.39 Å². The third kappa shape index (κ3) is 2.88. The molecule has 0 spiro atoms. The van der Waals surface area contributed by atoms with Crippen LogP contribution in [0.3, 0.4) is 0 Å². The number of halogens is 1. The van der Waals surface area contributed by atoms with Crippen molar-refractivity contribution in [3.63, 3.8) is 0 Å². The Balaban J connectivity index is 1.70. The van der Waals surface area contributed by atoms with Crippen molar-refractivity contribution in [2.24, 2.45) is 5.92 Å². The van der Waals surface area contributed by atoms with Gasteiger partial charge >= 0.3 is 0 Å². The molecule has 1 unspecified atom stereocenters. The zero-order valence-electron chi connectivity index (χ0n) is 11.6. The molecular formula is C15H19FN4. The Kier molecular flexibility index (Phi) is 3.78. The number of aromatic nitrogens is 3. The van der Waals surface area contributed by atoms with Crippen molar-refractivity contribution >= 4 is 0 Å². The van der Waals surface area contributed by atoms with Crippen LogP contribution < -0.4 is 5.32 Å². The second kappa shape index (κ2) is 5.71. The van der Waals surface area contributed by atoms with Crippen LogP contribution in [-0.4, -0.2) is 14.8 Å². The molecule has 0 saturated heterocycles. The van der Waals surface area contributed by atoms with Crippen LogP contribution >= 0.6 is 0 Å². The maximum atomic E-state index is 13.0. The Hall–Kier alpha value is -1.75. The molecule has 0 bridgehead atoms. The van der Waals surface area contributed by atoms with Crippen molar-refractivity contribution in [3.05, 3.63) is 47.8 Å². The van der Waals surface area contributed by atoms with Crippen LogP contribution in [0, 0.1) is 11.7 Å². The quantitative estimate of drug-likeness (QED) is 0.880. The summed E-state index contributed by atoms with van der Waals surface area (Å²) >= 11 is 0. The molecule has 0 aliphatic heterocycles. The van der Waals surface area contributed by atoms with Gasteiger partial charge in [0.15, 0.2) is 0 Å². The van der Waals surface area contributed by atoms with Crippen LogP contribution in [0.4, 0.5) is 4.39 Å². The molecular weight excluding hydrogens is 255 g/mol. The number of hydrogen-bond donors (Lipinski definition) is 1. The standard InChI is InChI=1S/C15H19FN4/c1-2-20-10-18-19-14(20)9-17-15(11-3-4-11)12-5-7-13(16)8-6-12/h5-8,10-11,15,17H,2-4,9H2,1H3. The average molecular weight is 274 g/mol. The number of benzene rings is 1. The zero-order chi connectivity index (χ0) is 13.9. The predicted molar refractivity (Wildman–Crippen MR) is 74.4 cm³/mol. The van der Waals surface area contributed by atoms with Gasteiger partial charge in [-0.1, -0.05) is 12.1 Å². The first-order chi connectivity index (χ1) is 9.78. The molecule has 1 aromatic heterocycles. The molecule has 1 fully saturated rings. The van der Waals surface area contributed by atoms with E-state index in [4.69, 9.17) is 0 Å². The number of aryl methyl sites for hydroxylation is 1. The Labute approximate surface area is 118 Å². The van der Waals surface area contributed by atoms with Crippen molar-refractivity contribution in [2.45, 2.75) is 38.9 Å². The third-order valence-corrected chi connectivity index (χ3v) is 3.84. The van der Waals surface area contributed by atoms with E-state index in [-0.39, 0.29) is 11.9 Å². The summed E-state index contributed by atoms with van der Waals surface area (Å²) in [5.74, 6) is 1.41. The van der Waals surface area contributed by atoms with Crippen LogP contribution in [0.25, 0.3) is 0 Å². The molecule has 2 aromatic rings. The fourth-order valence-electron chi connectivity index (χ4n) is 2.54. The highest BCUT2D eigenvalue weighted by atomic mass is 19.1. The first-order valence-corrected chi connectivity index (χ1v) is 7.13. The van der Waals surface area contributed by atoms with Gasteiger partial charge in [0.1, 0.15) is 18.0 Å². The van der Waals surface area contributed by atoms with Crippen LogP contribution in [0.5, 0.6) is 0 Å². The third-order valence-electron chi connectivity index (χ3n) is 3.84. The molecule has 5 heteroatoms. The monoisotopic (exact) mass is 274 g/mol. The minimum absolute atomic E-state index is 0.186. The molecule has 4 nitrogen and oxygen atoms in total. The highest BCUT2D eigenvalue weighted by Crippen LogP contribution is 2.41. The molecule has 3 rings (SSSR count). The molecule has 1 atom stereocenters. The summed E-state index contributed by atoms with van der Waals surface area (Å²) < 4.78 is 15.1. The lowest BCUT2D eigenvalue weighted by molar-refractivity contribution is 0.463. The summed E-state index contributed by atoms with van der Waals surface area (Å²) in [7, 11) is 0. The van der Waals surface area contributed by atoms with E-state index in [1.54, 1.807) is 6.33 Å². The van der Waals surface area contributed by atoms with Gasteiger partial charge in [-0.05, 0) is 43.4 Å². The number of nitrogens with one attached hydrogen (secondary N) is 1. The summed E-state index contributed by atoms with van der Waals surface area (Å²) in [4.78, 5) is 0. The maximum Gasteiger partial charge on any atom is 0.146 e. The Bertz CT molecular complexity index is 560. The first kappa shape index (κ1) is 13.2. The van der Waals surface area contributed by atoms with Crippen molar-refractivity contribution < 1.29 is 4.39 Å². The van der Waals surface area contributed by atoms with Crippen molar-refractivity contribution in [2.75, 3.05) is 0 Å². The van der Waals surface area contributed by atoms with E-state index in [1.165, 1.54) is 25.0 Å². The number of hydrogen-bond acceptors (Lipinski definition) is 3. The molecule has 1 aliphatic rings. The van der Waals surface area contributed by atoms with Crippen LogP contribution in [0.2, 0.25) is 0 Å². The summed E-state index contributed by atoms with van der Waals surface area (Å²) in [5, 5.41) is 11.6. The minimum atomic E-state index is -0.186. The van der Waals surface area contributed by atoms with Crippen LogP contribution in [-0.2, 0) is 13.1 Å². The molecule has 106 valence electrons. The second-order valence-electron chi connectivity index (χ2n) is 5.28. The summed E-state index contributed by atoms with van der Waals surface area (Å²) in [6.07, 6.45) is 4.21. The molecule has 0 amide bonds. The molecule has 1 heterocycles. The highest BCUT2D eigenvalue weighted by Gasteiger charge is 2.32. The van der Waals surface area contributed by atoms with E-state index in [0.29, 0.717) is 12.5 Å². The van der Waals surface area contributed by atoms with E-state index in [9.17, 15) is 4.39 Å². The van der Waals surface area contributed by atoms with Gasteiger partial charge in [0.2, 0.25) is 0 Å². The lowest BCUT2D eigenvalue weighted by Gasteiger charge is -2.18. The highest BCUT2D eigenvalue weighted by molar-refractivity contribution is 5.22. The van der Waals surface area contributed by atoms with Crippen molar-refractivity contribution in [1.82, 2.24) is 20.1 Å². The molecule has 1 aromatic carbocycles. The van der Waals surface area contributed by atoms with Crippen LogP contribution in [0.1, 0.15) is 37.2 Å². The van der Waals surface area contributed by atoms with Crippen molar-refractivity contribution in [3.8, 4) is 0 Å². The molecule has 1 saturated carbocycles. The lowest BCUT2D eigenvalue weighted by Crippen LogP contribution is -2.24. The Morgan fingerprint density at radius 3 is 2.75 bits per heavy atom. The van der Waals surface area contributed by atoms with Gasteiger partial charge in [0.05, 0.1) is 6.54 Å². The largest absolute Gasteiger partial charge is 0.317 e. The average Bonchev–Trinajstić information content (AvgIpc) is 3.19. The smallest absolute Gasteiger partial charge is 0.146 e. The SMILES string of the molecule is CCn1cnnc1CNC(c1ccc(F)cc1)C1CC1. The zero-order valence-corrected chi connectivity index (χ0v) is 11.6. The van der Waals surface area contributed by atoms with Crippen molar-refractivity contribution in [1.29, 1.82) is 0 Å². The van der Waals surface area contributed by atoms with Crippen LogP contribution in [0.15, 0.2) is 30.6 Å². The second-order valence-corrected chi connectivity index (χ2v) is 5.28. The van der Waals surface area contributed by atoms with Gasteiger partial charge in [-0.15, -0.1) is 10.2 Å². The lowest BCUT2D eigenvalue weighted by atomic mass is 10.0. The van der Waals surface area contributed by atoms with E-state index in [1.807, 2.05) is 16.7 Å². The summed E-state index contributed by atoms with van der Waals surface area (Å²) in [5.41, 5.74) is 1.15. The van der Waals surface area contributed by atoms with Gasteiger partial charge < -0.3 is 9.88 Å². The van der Waals surface area contributed by atoms with E-state index in [2.05, 4.69) is 22.4 Å². The summed E-state index contributed by atoms with van der Waals surface area (Å²) in [6, 6.07) is 7.07. The van der Waals surface area contributed by atoms with E-state index >= 15 is 0 Å². The number of rotatable bonds is 6. The first-order valence-electron chi connectivity index (χ1n) is 7.13. The van der Waals surface area contributed by atoms with Gasteiger partial charge in [-0.2, -0.15) is 0 Å². The van der Waals surface area contributed by atoms with Gasteiger partial charge in [0, 0.05) is 12.6 Å². The van der Waals surface area contributed by atoms with E-state index < -0.39 is 0 Å². The predicted octanol–water partition coefficient (Wildman–Crippen LogP) is 2.68. The molecule has 1 N–H and O–H groups in total. The van der Waals surface area contributed by atoms with E-state index in [0.717, 1.165) is 17.9 Å². The van der Waals surface area contributed by atoms with Gasteiger partial charge in [0.25, 0.3) is 0 Å². The number of nitrogens with zero attached hydrogens (tertiary/aromatic N) is 3. The van der Waals surface area contributed by atoms with Gasteiger partial charge in [-0.3, -0.25) is 0 Å². The molecule has 20 heavy (non-hydrogen) atoms. The Morgan fingerprint density at radius 2 is 2.10 bits per heavy atom. The summed E-state index contributed by atoms with van der Waals surface area (Å²) in [6.45, 7) is 3.63. The minimum Gasteiger partial charge on any atom is -0.317 e. The fourth-order valence-corrected chi connectivity index (χ4v) is 2.54. The molecule has 0 radical (unpaired) electrons. The molecule has 1 aliphatic carbocycles. The normalized spacial score (nSPS) is 16.3. The fraction of sp³-hybridized carbons (Fsp3) is 0.467.